The molecule has 2 aliphatic heterocycles. The summed E-state index contributed by atoms with van der Waals surface area (Å²) in [5.41, 5.74) is 6.56. The molecule has 2 aromatic rings. The second-order valence-electron chi connectivity index (χ2n) is 10.2. The van der Waals surface area contributed by atoms with Gasteiger partial charge in [-0.2, -0.15) is 0 Å². The molecule has 0 radical (unpaired) electrons. The van der Waals surface area contributed by atoms with Crippen LogP contribution in [0, 0.1) is 5.92 Å². The van der Waals surface area contributed by atoms with E-state index in [0.717, 1.165) is 18.4 Å². The molecule has 1 saturated heterocycles. The lowest BCUT2D eigenvalue weighted by Crippen LogP contribution is -2.46. The molecule has 1 fully saturated rings. The lowest BCUT2D eigenvalue weighted by Gasteiger charge is -2.29. The van der Waals surface area contributed by atoms with E-state index in [9.17, 15) is 14.7 Å². The van der Waals surface area contributed by atoms with Crippen LogP contribution in [0.15, 0.2) is 36.4 Å². The summed E-state index contributed by atoms with van der Waals surface area (Å²) >= 11 is 0. The molecular weight excluding hydrogens is 530 g/mol. The predicted octanol–water partition coefficient (Wildman–Crippen LogP) is 2.96. The van der Waals surface area contributed by atoms with E-state index >= 15 is 0 Å². The van der Waals surface area contributed by atoms with Crippen molar-refractivity contribution >= 4 is 11.9 Å². The largest absolute Gasteiger partial charge is 0.493 e. The van der Waals surface area contributed by atoms with Crippen LogP contribution in [0.3, 0.4) is 0 Å². The highest BCUT2D eigenvalue weighted by Gasteiger charge is 2.47. The standard InChI is InChI=1S/C30H41N3O8/c1-4-5-12-32(13-11-31)27(34)18-33-17-21(20-15-25(38-3)29-26(16-20)40-19-41-29)28(30(35)36)22(33)10-14-39-24-9-7-6-8-23(24)37-2/h6-9,15-16,21-22,28H,4-5,10-14,17-19,31H2,1-3H3,(H,35,36). The van der Waals surface area contributed by atoms with Gasteiger partial charge in [-0.25, -0.2) is 0 Å². The molecule has 0 aliphatic carbocycles. The van der Waals surface area contributed by atoms with Gasteiger partial charge in [0.1, 0.15) is 0 Å². The second-order valence-corrected chi connectivity index (χ2v) is 10.2. The third kappa shape index (κ3) is 6.97. The molecule has 3 unspecified atom stereocenters. The molecule has 0 saturated carbocycles. The van der Waals surface area contributed by atoms with Gasteiger partial charge in [0.2, 0.25) is 18.4 Å². The van der Waals surface area contributed by atoms with Crippen molar-refractivity contribution in [2.75, 3.05) is 60.3 Å². The first-order valence-electron chi connectivity index (χ1n) is 14.1. The molecule has 3 N–H and O–H groups in total. The van der Waals surface area contributed by atoms with Crippen LogP contribution in [0.1, 0.15) is 37.7 Å². The van der Waals surface area contributed by atoms with Gasteiger partial charge in [0.25, 0.3) is 0 Å². The Morgan fingerprint density at radius 3 is 2.54 bits per heavy atom. The second kappa shape index (κ2) is 14.3. The third-order valence-electron chi connectivity index (χ3n) is 7.75. The number of carboxylic acids is 1. The van der Waals surface area contributed by atoms with Crippen LogP contribution in [0.2, 0.25) is 0 Å². The van der Waals surface area contributed by atoms with Crippen LogP contribution in [0.5, 0.6) is 28.7 Å². The lowest BCUT2D eigenvalue weighted by molar-refractivity contribution is -0.144. The number of amides is 1. The van der Waals surface area contributed by atoms with Crippen molar-refractivity contribution in [3.8, 4) is 28.7 Å². The molecule has 11 heteroatoms. The summed E-state index contributed by atoms with van der Waals surface area (Å²) in [5.74, 6) is 0.463. The highest BCUT2D eigenvalue weighted by molar-refractivity contribution is 5.79. The first-order chi connectivity index (χ1) is 19.9. The number of rotatable bonds is 15. The minimum Gasteiger partial charge on any atom is -0.493 e. The van der Waals surface area contributed by atoms with Crippen LogP contribution in [0.25, 0.3) is 0 Å². The molecule has 11 nitrogen and oxygen atoms in total. The van der Waals surface area contributed by atoms with E-state index in [4.69, 9.17) is 29.4 Å². The fourth-order valence-corrected chi connectivity index (χ4v) is 5.72. The summed E-state index contributed by atoms with van der Waals surface area (Å²) in [5, 5.41) is 10.5. The molecule has 3 atom stereocenters. The molecule has 2 heterocycles. The van der Waals surface area contributed by atoms with Gasteiger partial charge in [-0.15, -0.1) is 0 Å². The third-order valence-corrected chi connectivity index (χ3v) is 7.75. The number of aliphatic carboxylic acids is 1. The number of carbonyl (C=O) groups excluding carboxylic acids is 1. The summed E-state index contributed by atoms with van der Waals surface area (Å²) in [6.45, 7) is 4.29. The van der Waals surface area contributed by atoms with E-state index in [1.54, 1.807) is 18.1 Å². The van der Waals surface area contributed by atoms with Gasteiger partial charge in [-0.3, -0.25) is 14.5 Å². The Morgan fingerprint density at radius 1 is 1.10 bits per heavy atom. The quantitative estimate of drug-likeness (QED) is 0.329. The molecule has 4 rings (SSSR count). The van der Waals surface area contributed by atoms with Gasteiger partial charge in [-0.1, -0.05) is 25.5 Å². The number of likely N-dealkylation sites (tertiary alicyclic amines) is 1. The number of carboxylic acid groups (broad SMARTS) is 1. The number of para-hydroxylation sites is 2. The Hall–Kier alpha value is -3.70. The Kier molecular flexibility index (Phi) is 10.5. The van der Waals surface area contributed by atoms with E-state index in [-0.39, 0.29) is 25.9 Å². The highest BCUT2D eigenvalue weighted by atomic mass is 16.7. The summed E-state index contributed by atoms with van der Waals surface area (Å²) in [6, 6.07) is 10.5. The SMILES string of the molecule is CCCCN(CCN)C(=O)CN1CC(c2cc(OC)c3c(c2)OCO3)C(C(=O)O)C1CCOc1ccccc1OC. The molecule has 224 valence electrons. The van der Waals surface area contributed by atoms with Crippen molar-refractivity contribution in [3.05, 3.63) is 42.0 Å². The topological polar surface area (TPSA) is 133 Å². The zero-order valence-corrected chi connectivity index (χ0v) is 24.0. The van der Waals surface area contributed by atoms with Gasteiger partial charge in [0.05, 0.1) is 33.3 Å². The summed E-state index contributed by atoms with van der Waals surface area (Å²) in [7, 11) is 3.11. The number of carbonyl (C=O) groups is 2. The average Bonchev–Trinajstić information content (AvgIpc) is 3.60. The maximum atomic E-state index is 13.5. The zero-order chi connectivity index (χ0) is 29.4. The van der Waals surface area contributed by atoms with Crippen LogP contribution in [-0.2, 0) is 9.59 Å². The number of benzene rings is 2. The van der Waals surface area contributed by atoms with E-state index in [0.29, 0.717) is 61.3 Å². The number of ether oxygens (including phenoxy) is 5. The molecule has 1 amide bonds. The van der Waals surface area contributed by atoms with Gasteiger partial charge < -0.3 is 39.4 Å². The van der Waals surface area contributed by atoms with Crippen molar-refractivity contribution in [1.82, 2.24) is 9.80 Å². The molecule has 2 aromatic carbocycles. The first-order valence-corrected chi connectivity index (χ1v) is 14.1. The van der Waals surface area contributed by atoms with Crippen molar-refractivity contribution < 1.29 is 38.4 Å². The number of unbranched alkanes of at least 4 members (excludes halogenated alkanes) is 1. The van der Waals surface area contributed by atoms with Crippen molar-refractivity contribution in [1.29, 1.82) is 0 Å². The minimum atomic E-state index is -0.936. The van der Waals surface area contributed by atoms with Crippen molar-refractivity contribution in [3.63, 3.8) is 0 Å². The molecule has 41 heavy (non-hydrogen) atoms. The summed E-state index contributed by atoms with van der Waals surface area (Å²) < 4.78 is 28.1. The van der Waals surface area contributed by atoms with Gasteiger partial charge in [0.15, 0.2) is 23.0 Å². The smallest absolute Gasteiger partial charge is 0.308 e. The van der Waals surface area contributed by atoms with Crippen LogP contribution in [-0.4, -0.2) is 93.2 Å². The fraction of sp³-hybridized carbons (Fsp3) is 0.533. The molecule has 0 spiro atoms. The average molecular weight is 572 g/mol. The maximum absolute atomic E-state index is 13.5. The van der Waals surface area contributed by atoms with Crippen LogP contribution >= 0.6 is 0 Å². The van der Waals surface area contributed by atoms with Crippen LogP contribution < -0.4 is 29.4 Å². The van der Waals surface area contributed by atoms with Gasteiger partial charge in [-0.05, 0) is 42.7 Å². The highest BCUT2D eigenvalue weighted by Crippen LogP contribution is 2.47. The number of hydrogen-bond acceptors (Lipinski definition) is 9. The molecule has 0 bridgehead atoms. The Bertz CT molecular complexity index is 1190. The minimum absolute atomic E-state index is 0.0624. The monoisotopic (exact) mass is 571 g/mol. The lowest BCUT2D eigenvalue weighted by atomic mass is 9.84. The number of fused-ring (bicyclic) bond motifs is 1. The summed E-state index contributed by atoms with van der Waals surface area (Å²) in [6.07, 6.45) is 2.22. The zero-order valence-electron chi connectivity index (χ0n) is 24.0. The first kappa shape index (κ1) is 30.3. The Labute approximate surface area is 241 Å². The summed E-state index contributed by atoms with van der Waals surface area (Å²) in [4.78, 5) is 30.1. The van der Waals surface area contributed by atoms with Crippen LogP contribution in [0.4, 0.5) is 0 Å². The number of nitrogens with two attached hydrogens (primary N) is 1. The Balaban J connectivity index is 1.62. The molecule has 0 aromatic heterocycles. The maximum Gasteiger partial charge on any atom is 0.308 e. The number of hydrogen-bond donors (Lipinski definition) is 2. The van der Waals surface area contributed by atoms with E-state index in [2.05, 4.69) is 6.92 Å². The number of nitrogens with zero attached hydrogens (tertiary/aromatic N) is 2. The molecule has 2 aliphatic rings. The fourth-order valence-electron chi connectivity index (χ4n) is 5.72. The number of methoxy groups -OCH3 is 2. The predicted molar refractivity (Wildman–Crippen MR) is 152 cm³/mol. The van der Waals surface area contributed by atoms with E-state index in [1.807, 2.05) is 35.2 Å². The van der Waals surface area contributed by atoms with Gasteiger partial charge in [0, 0.05) is 38.1 Å². The van der Waals surface area contributed by atoms with Crippen molar-refractivity contribution in [2.24, 2.45) is 11.7 Å². The normalized spacial score (nSPS) is 19.7. The Morgan fingerprint density at radius 2 is 1.85 bits per heavy atom. The van der Waals surface area contributed by atoms with Crippen molar-refractivity contribution in [2.45, 2.75) is 38.1 Å². The van der Waals surface area contributed by atoms with E-state index < -0.39 is 23.8 Å². The molecular formula is C30H41N3O8. The van der Waals surface area contributed by atoms with Gasteiger partial charge >= 0.3 is 5.97 Å². The van der Waals surface area contributed by atoms with E-state index in [1.165, 1.54) is 7.11 Å².